The van der Waals surface area contributed by atoms with E-state index in [1.54, 1.807) is 4.90 Å². The number of thiazole rings is 1. The fraction of sp³-hybridized carbons (Fsp3) is 0.615. The average molecular weight is 554 g/mol. The number of carbonyl (C=O) groups excluding carboxylic acids is 2. The van der Waals surface area contributed by atoms with E-state index in [0.717, 1.165) is 44.4 Å². The monoisotopic (exact) mass is 553 g/mol. The van der Waals surface area contributed by atoms with Gasteiger partial charge in [0.15, 0.2) is 5.01 Å². The molecule has 3 N–H and O–H groups in total. The highest BCUT2D eigenvalue weighted by Gasteiger charge is 2.38. The van der Waals surface area contributed by atoms with Crippen molar-refractivity contribution in [3.05, 3.63) is 28.5 Å². The molecule has 2 aromatic rings. The van der Waals surface area contributed by atoms with Crippen LogP contribution in [0.4, 0.5) is 19.0 Å². The van der Waals surface area contributed by atoms with E-state index in [2.05, 4.69) is 20.6 Å². The number of nitrogens with zero attached hydrogens (tertiary/aromatic N) is 3. The molecule has 1 saturated carbocycles. The van der Waals surface area contributed by atoms with Gasteiger partial charge in [0.2, 0.25) is 0 Å². The third-order valence-corrected chi connectivity index (χ3v) is 8.29. The smallest absolute Gasteiger partial charge is 0.389 e. The van der Waals surface area contributed by atoms with Crippen LogP contribution in [0.5, 0.6) is 0 Å². The maximum Gasteiger partial charge on any atom is 0.417 e. The maximum atomic E-state index is 14.3. The number of carbonyl (C=O) groups is 2. The van der Waals surface area contributed by atoms with Crippen molar-refractivity contribution in [3.8, 4) is 10.4 Å². The Morgan fingerprint density at radius 1 is 1.24 bits per heavy atom. The van der Waals surface area contributed by atoms with Crippen molar-refractivity contribution in [1.29, 1.82) is 0 Å². The quantitative estimate of drug-likeness (QED) is 0.427. The number of aliphatic hydroxyl groups is 1. The Hall–Kier alpha value is -2.73. The van der Waals surface area contributed by atoms with Gasteiger partial charge in [0.1, 0.15) is 11.5 Å². The zero-order valence-electron chi connectivity index (χ0n) is 22.0. The summed E-state index contributed by atoms with van der Waals surface area (Å²) in [5.41, 5.74) is -2.65. The van der Waals surface area contributed by atoms with Crippen LogP contribution in [0.2, 0.25) is 0 Å². The molecule has 0 bridgehead atoms. The molecule has 0 radical (unpaired) electrons. The fourth-order valence-corrected chi connectivity index (χ4v) is 5.73. The second kappa shape index (κ2) is 10.8. The molecule has 4 rings (SSSR count). The van der Waals surface area contributed by atoms with Crippen LogP contribution >= 0.6 is 11.3 Å². The summed E-state index contributed by atoms with van der Waals surface area (Å²) in [5, 5.41) is 15.4. The molecule has 3 heterocycles. The number of halogens is 3. The van der Waals surface area contributed by atoms with Gasteiger partial charge in [-0.05, 0) is 65.4 Å². The van der Waals surface area contributed by atoms with E-state index in [1.165, 1.54) is 13.8 Å². The molecule has 2 atom stereocenters. The largest absolute Gasteiger partial charge is 0.417 e. The second-order valence-electron chi connectivity index (χ2n) is 10.9. The molecule has 1 saturated heterocycles. The lowest BCUT2D eigenvalue weighted by Crippen LogP contribution is -2.38. The van der Waals surface area contributed by atoms with E-state index < -0.39 is 29.2 Å². The zero-order valence-corrected chi connectivity index (χ0v) is 22.8. The number of likely N-dealkylation sites (tertiary alicyclic amines) is 1. The van der Waals surface area contributed by atoms with Gasteiger partial charge in [-0.1, -0.05) is 6.42 Å². The first-order chi connectivity index (χ1) is 17.7. The molecule has 1 aliphatic heterocycles. The van der Waals surface area contributed by atoms with Crippen molar-refractivity contribution < 1.29 is 27.9 Å². The van der Waals surface area contributed by atoms with E-state index in [-0.39, 0.29) is 45.6 Å². The number of amides is 2. The summed E-state index contributed by atoms with van der Waals surface area (Å²) in [6.07, 6.45) is 1.09. The van der Waals surface area contributed by atoms with Crippen LogP contribution in [0.25, 0.3) is 10.4 Å². The molecule has 1 aliphatic carbocycles. The van der Waals surface area contributed by atoms with Crippen LogP contribution < -0.4 is 10.6 Å². The molecular formula is C26H34F3N5O3S. The number of hydrogen-bond donors (Lipinski definition) is 3. The molecule has 8 nitrogen and oxygen atoms in total. The summed E-state index contributed by atoms with van der Waals surface area (Å²) >= 11 is 0.715. The first-order valence-electron chi connectivity index (χ1n) is 12.9. The van der Waals surface area contributed by atoms with Gasteiger partial charge in [-0.2, -0.15) is 13.2 Å². The molecule has 0 spiro atoms. The van der Waals surface area contributed by atoms with Crippen molar-refractivity contribution in [2.24, 2.45) is 5.92 Å². The summed E-state index contributed by atoms with van der Waals surface area (Å²) in [6, 6.07) is 0.848. The van der Waals surface area contributed by atoms with Crippen molar-refractivity contribution in [2.75, 3.05) is 18.4 Å². The standard InChI is InChI=1S/C26H34F3N5O3S/c1-14-7-6-10-34(14)24(36)20-21(38-23(33-20)22(35)31-13-25(3,4)37)17-12-30-19(11-18(17)26(27,28)29)32-15(2)16-8-5-9-16/h11-12,14-16,37H,5-10,13H2,1-4H3,(H,30,32)(H,31,35)/t14?,15-/m1/s1. The summed E-state index contributed by atoms with van der Waals surface area (Å²) in [4.78, 5) is 36.3. The van der Waals surface area contributed by atoms with E-state index in [1.807, 2.05) is 13.8 Å². The van der Waals surface area contributed by atoms with E-state index >= 15 is 0 Å². The highest BCUT2D eigenvalue weighted by atomic mass is 32.1. The lowest BCUT2D eigenvalue weighted by Gasteiger charge is -2.32. The van der Waals surface area contributed by atoms with Gasteiger partial charge in [0, 0.05) is 36.9 Å². The predicted molar refractivity (Wildman–Crippen MR) is 139 cm³/mol. The molecule has 208 valence electrons. The maximum absolute atomic E-state index is 14.3. The molecule has 2 aromatic heterocycles. The second-order valence-corrected chi connectivity index (χ2v) is 11.9. The Morgan fingerprint density at radius 2 is 1.95 bits per heavy atom. The van der Waals surface area contributed by atoms with E-state index in [9.17, 15) is 27.9 Å². The fourth-order valence-electron chi connectivity index (χ4n) is 4.73. The lowest BCUT2D eigenvalue weighted by atomic mass is 9.80. The number of nitrogens with one attached hydrogen (secondary N) is 2. The topological polar surface area (TPSA) is 107 Å². The lowest BCUT2D eigenvalue weighted by molar-refractivity contribution is -0.137. The Bertz CT molecular complexity index is 1190. The van der Waals surface area contributed by atoms with Crippen molar-refractivity contribution in [2.45, 2.75) is 83.7 Å². The van der Waals surface area contributed by atoms with Gasteiger partial charge >= 0.3 is 6.18 Å². The number of aromatic nitrogens is 2. The number of hydrogen-bond acceptors (Lipinski definition) is 7. The Morgan fingerprint density at radius 3 is 2.50 bits per heavy atom. The molecule has 2 amide bonds. The Kier molecular flexibility index (Phi) is 8.04. The van der Waals surface area contributed by atoms with Crippen molar-refractivity contribution in [3.63, 3.8) is 0 Å². The van der Waals surface area contributed by atoms with Crippen LogP contribution in [0.15, 0.2) is 12.3 Å². The van der Waals surface area contributed by atoms with Crippen LogP contribution in [-0.2, 0) is 6.18 Å². The van der Waals surface area contributed by atoms with Gasteiger partial charge in [0.25, 0.3) is 11.8 Å². The third-order valence-electron chi connectivity index (χ3n) is 7.21. The van der Waals surface area contributed by atoms with Crippen molar-refractivity contribution >= 4 is 29.0 Å². The third kappa shape index (κ3) is 6.28. The number of anilines is 1. The van der Waals surface area contributed by atoms with E-state index in [0.29, 0.717) is 23.8 Å². The molecular weight excluding hydrogens is 519 g/mol. The average Bonchev–Trinajstić information content (AvgIpc) is 3.41. The zero-order chi connectivity index (χ0) is 27.8. The van der Waals surface area contributed by atoms with Gasteiger partial charge in [-0.3, -0.25) is 9.59 Å². The molecule has 0 aromatic carbocycles. The molecule has 2 aliphatic rings. The van der Waals surface area contributed by atoms with Gasteiger partial charge in [-0.15, -0.1) is 11.3 Å². The first kappa shape index (κ1) is 28.3. The molecule has 1 unspecified atom stereocenters. The number of pyridine rings is 1. The molecule has 12 heteroatoms. The Balaban J connectivity index is 1.75. The van der Waals surface area contributed by atoms with Crippen LogP contribution in [-0.4, -0.2) is 62.6 Å². The minimum Gasteiger partial charge on any atom is -0.389 e. The highest BCUT2D eigenvalue weighted by Crippen LogP contribution is 2.42. The Labute approximate surface area is 224 Å². The molecule has 2 fully saturated rings. The highest BCUT2D eigenvalue weighted by molar-refractivity contribution is 7.17. The van der Waals surface area contributed by atoms with Crippen molar-refractivity contribution in [1.82, 2.24) is 20.2 Å². The van der Waals surface area contributed by atoms with Crippen LogP contribution in [0.3, 0.4) is 0 Å². The SMILES string of the molecule is CC1CCCN1C(=O)c1nc(C(=O)NCC(C)(C)O)sc1-c1cnc(N[C@H](C)C2CCC2)cc1C(F)(F)F. The minimum absolute atomic E-state index is 0.0218. The van der Waals surface area contributed by atoms with Gasteiger partial charge in [-0.25, -0.2) is 9.97 Å². The number of rotatable bonds is 8. The number of alkyl halides is 3. The first-order valence-corrected chi connectivity index (χ1v) is 13.7. The summed E-state index contributed by atoms with van der Waals surface area (Å²) < 4.78 is 43.0. The van der Waals surface area contributed by atoms with Crippen LogP contribution in [0, 0.1) is 5.92 Å². The summed E-state index contributed by atoms with van der Waals surface area (Å²) in [6.45, 7) is 7.19. The van der Waals surface area contributed by atoms with Gasteiger partial charge < -0.3 is 20.6 Å². The normalized spacial score (nSPS) is 19.3. The summed E-state index contributed by atoms with van der Waals surface area (Å²) in [5.74, 6) is -0.698. The minimum atomic E-state index is -4.73. The molecule has 38 heavy (non-hydrogen) atoms. The predicted octanol–water partition coefficient (Wildman–Crippen LogP) is 4.95. The van der Waals surface area contributed by atoms with Crippen LogP contribution in [0.1, 0.15) is 85.7 Å². The summed E-state index contributed by atoms with van der Waals surface area (Å²) in [7, 11) is 0. The van der Waals surface area contributed by atoms with E-state index in [4.69, 9.17) is 0 Å². The van der Waals surface area contributed by atoms with Gasteiger partial charge in [0.05, 0.1) is 16.0 Å².